The number of halogens is 2. The van der Waals surface area contributed by atoms with Crippen LogP contribution in [0.1, 0.15) is 18.1 Å². The third-order valence-corrected chi connectivity index (χ3v) is 9.40. The molecule has 0 aromatic heterocycles. The van der Waals surface area contributed by atoms with Crippen LogP contribution < -0.4 is 9.62 Å². The normalized spacial score (nSPS) is 11.9. The minimum Gasteiger partial charge on any atom is -0.355 e. The highest BCUT2D eigenvalue weighted by Crippen LogP contribution is 2.27. The molecule has 0 saturated heterocycles. The lowest BCUT2D eigenvalue weighted by molar-refractivity contribution is -0.140. The van der Waals surface area contributed by atoms with Crippen molar-refractivity contribution in [3.63, 3.8) is 0 Å². The SMILES string of the molecule is CCNC(=O)[C@@H](Cc1ccccc1)N(Cc1ccc(Br)cc1)C(=O)CN(c1cccc(Br)c1)S(=O)(=O)c1ccccc1. The summed E-state index contributed by atoms with van der Waals surface area (Å²) in [6.45, 7) is 1.81. The number of hydrogen-bond donors (Lipinski definition) is 1. The number of carbonyl (C=O) groups excluding carboxylic acids is 2. The van der Waals surface area contributed by atoms with Gasteiger partial charge in [-0.3, -0.25) is 13.9 Å². The summed E-state index contributed by atoms with van der Waals surface area (Å²) in [5.74, 6) is -0.823. The maximum absolute atomic E-state index is 14.3. The number of hydrogen-bond acceptors (Lipinski definition) is 4. The first-order chi connectivity index (χ1) is 20.2. The van der Waals surface area contributed by atoms with E-state index >= 15 is 0 Å². The molecule has 10 heteroatoms. The van der Waals surface area contributed by atoms with Crippen molar-refractivity contribution in [2.75, 3.05) is 17.4 Å². The smallest absolute Gasteiger partial charge is 0.264 e. The van der Waals surface area contributed by atoms with Gasteiger partial charge in [-0.25, -0.2) is 8.42 Å². The van der Waals surface area contributed by atoms with Crippen LogP contribution in [0.15, 0.2) is 123 Å². The van der Waals surface area contributed by atoms with E-state index in [1.807, 2.05) is 61.5 Å². The molecule has 1 atom stereocenters. The molecule has 0 bridgehead atoms. The van der Waals surface area contributed by atoms with Crippen molar-refractivity contribution in [2.24, 2.45) is 0 Å². The Labute approximate surface area is 263 Å². The van der Waals surface area contributed by atoms with Gasteiger partial charge < -0.3 is 10.2 Å². The molecule has 1 N–H and O–H groups in total. The zero-order valence-electron chi connectivity index (χ0n) is 23.0. The molecule has 0 aliphatic carbocycles. The molecular weight excluding hydrogens is 682 g/mol. The van der Waals surface area contributed by atoms with Gasteiger partial charge in [-0.05, 0) is 60.5 Å². The lowest BCUT2D eigenvalue weighted by atomic mass is 10.0. The minimum atomic E-state index is -4.13. The lowest BCUT2D eigenvalue weighted by Crippen LogP contribution is -2.53. The first kappa shape index (κ1) is 31.5. The number of anilines is 1. The number of carbonyl (C=O) groups is 2. The van der Waals surface area contributed by atoms with Gasteiger partial charge in [0.15, 0.2) is 0 Å². The number of amides is 2. The van der Waals surface area contributed by atoms with Gasteiger partial charge in [-0.15, -0.1) is 0 Å². The van der Waals surface area contributed by atoms with Crippen LogP contribution in [0.3, 0.4) is 0 Å². The Morgan fingerprint density at radius 2 is 1.43 bits per heavy atom. The van der Waals surface area contributed by atoms with E-state index < -0.39 is 28.5 Å². The number of nitrogens with zero attached hydrogens (tertiary/aromatic N) is 2. The first-order valence-electron chi connectivity index (χ1n) is 13.4. The van der Waals surface area contributed by atoms with Gasteiger partial charge >= 0.3 is 0 Å². The van der Waals surface area contributed by atoms with Crippen LogP contribution in [-0.4, -0.2) is 44.3 Å². The highest BCUT2D eigenvalue weighted by Gasteiger charge is 2.34. The third-order valence-electron chi connectivity index (χ3n) is 6.59. The van der Waals surface area contributed by atoms with E-state index in [9.17, 15) is 18.0 Å². The number of likely N-dealkylation sites (N-methyl/N-ethyl adjacent to an activating group) is 1. The molecule has 0 heterocycles. The second-order valence-electron chi connectivity index (χ2n) is 9.55. The molecule has 4 rings (SSSR count). The molecule has 4 aromatic carbocycles. The highest BCUT2D eigenvalue weighted by molar-refractivity contribution is 9.10. The van der Waals surface area contributed by atoms with Crippen molar-refractivity contribution in [1.29, 1.82) is 0 Å². The Morgan fingerprint density at radius 3 is 2.05 bits per heavy atom. The Hall–Kier alpha value is -3.47. The predicted molar refractivity (Wildman–Crippen MR) is 172 cm³/mol. The summed E-state index contributed by atoms with van der Waals surface area (Å²) in [7, 11) is -4.13. The van der Waals surface area contributed by atoms with Gasteiger partial charge in [0.25, 0.3) is 10.0 Å². The van der Waals surface area contributed by atoms with Crippen LogP contribution in [-0.2, 0) is 32.6 Å². The molecule has 42 heavy (non-hydrogen) atoms. The van der Waals surface area contributed by atoms with Crippen molar-refractivity contribution in [3.05, 3.63) is 129 Å². The summed E-state index contributed by atoms with van der Waals surface area (Å²) in [4.78, 5) is 29.4. The molecule has 0 fully saturated rings. The lowest BCUT2D eigenvalue weighted by Gasteiger charge is -2.34. The fourth-order valence-corrected chi connectivity index (χ4v) is 6.59. The molecule has 4 aromatic rings. The van der Waals surface area contributed by atoms with Crippen molar-refractivity contribution in [2.45, 2.75) is 30.8 Å². The molecular formula is C32H31Br2N3O4S. The molecule has 0 saturated carbocycles. The van der Waals surface area contributed by atoms with E-state index in [4.69, 9.17) is 0 Å². The van der Waals surface area contributed by atoms with Crippen LogP contribution in [0, 0.1) is 0 Å². The number of rotatable bonds is 12. The van der Waals surface area contributed by atoms with E-state index in [0.717, 1.165) is 19.9 Å². The van der Waals surface area contributed by atoms with Crippen molar-refractivity contribution in [3.8, 4) is 0 Å². The van der Waals surface area contributed by atoms with E-state index in [-0.39, 0.29) is 23.8 Å². The zero-order chi connectivity index (χ0) is 30.1. The summed E-state index contributed by atoms with van der Waals surface area (Å²) in [5.41, 5.74) is 2.00. The van der Waals surface area contributed by atoms with E-state index in [1.54, 1.807) is 42.5 Å². The Balaban J connectivity index is 1.78. The van der Waals surface area contributed by atoms with Crippen molar-refractivity contribution >= 4 is 59.4 Å². The quantitative estimate of drug-likeness (QED) is 0.190. The summed E-state index contributed by atoms with van der Waals surface area (Å²) in [5, 5.41) is 2.87. The monoisotopic (exact) mass is 711 g/mol. The molecule has 7 nitrogen and oxygen atoms in total. The zero-order valence-corrected chi connectivity index (χ0v) is 27.0. The molecule has 218 valence electrons. The molecule has 0 radical (unpaired) electrons. The Bertz CT molecular complexity index is 1600. The van der Waals surface area contributed by atoms with E-state index in [2.05, 4.69) is 37.2 Å². The number of benzene rings is 4. The summed E-state index contributed by atoms with van der Waals surface area (Å²) < 4.78 is 30.5. The average molecular weight is 713 g/mol. The Kier molecular flexibility index (Phi) is 11.0. The van der Waals surface area contributed by atoms with Gasteiger partial charge in [0.2, 0.25) is 11.8 Å². The van der Waals surface area contributed by atoms with Gasteiger partial charge in [0.1, 0.15) is 12.6 Å². The van der Waals surface area contributed by atoms with Crippen molar-refractivity contribution in [1.82, 2.24) is 10.2 Å². The molecule has 0 aliphatic heterocycles. The standard InChI is InChI=1S/C32H31Br2N3O4S/c1-2-35-32(39)30(20-24-10-5-3-6-11-24)36(22-25-16-18-26(33)19-17-25)31(38)23-37(28-13-9-12-27(34)21-28)42(40,41)29-14-7-4-8-15-29/h3-19,21,30H,2,20,22-23H2,1H3,(H,35,39)/t30-/m1/s1. The van der Waals surface area contributed by atoms with Crippen molar-refractivity contribution < 1.29 is 18.0 Å². The van der Waals surface area contributed by atoms with Gasteiger partial charge in [0.05, 0.1) is 10.6 Å². The van der Waals surface area contributed by atoms with Crippen LogP contribution in [0.25, 0.3) is 0 Å². The maximum atomic E-state index is 14.3. The molecule has 0 unspecified atom stereocenters. The number of nitrogens with one attached hydrogen (secondary N) is 1. The minimum absolute atomic E-state index is 0.0572. The average Bonchev–Trinajstić information content (AvgIpc) is 2.99. The van der Waals surface area contributed by atoms with E-state index in [0.29, 0.717) is 16.7 Å². The topological polar surface area (TPSA) is 86.8 Å². The summed E-state index contributed by atoms with van der Waals surface area (Å²) >= 11 is 6.87. The third kappa shape index (κ3) is 8.08. The van der Waals surface area contributed by atoms with Crippen LogP contribution in [0.2, 0.25) is 0 Å². The van der Waals surface area contributed by atoms with E-state index in [1.165, 1.54) is 17.0 Å². The predicted octanol–water partition coefficient (Wildman–Crippen LogP) is 6.18. The molecule has 0 aliphatic rings. The fraction of sp³-hybridized carbons (Fsp3) is 0.188. The fourth-order valence-electron chi connectivity index (χ4n) is 4.51. The second-order valence-corrected chi connectivity index (χ2v) is 13.2. The number of sulfonamides is 1. The Morgan fingerprint density at radius 1 is 0.786 bits per heavy atom. The maximum Gasteiger partial charge on any atom is 0.264 e. The second kappa shape index (κ2) is 14.6. The molecule has 2 amide bonds. The van der Waals surface area contributed by atoms with Gasteiger partial charge in [-0.1, -0.05) is 98.6 Å². The van der Waals surface area contributed by atoms with Crippen LogP contribution >= 0.6 is 31.9 Å². The largest absolute Gasteiger partial charge is 0.355 e. The summed E-state index contributed by atoms with van der Waals surface area (Å²) in [6, 6.07) is 30.8. The van der Waals surface area contributed by atoms with Gasteiger partial charge in [0, 0.05) is 28.5 Å². The van der Waals surface area contributed by atoms with Crippen LogP contribution in [0.4, 0.5) is 5.69 Å². The van der Waals surface area contributed by atoms with Gasteiger partial charge in [-0.2, -0.15) is 0 Å². The first-order valence-corrected chi connectivity index (χ1v) is 16.4. The molecule has 0 spiro atoms. The summed E-state index contributed by atoms with van der Waals surface area (Å²) in [6.07, 6.45) is 0.261. The highest BCUT2D eigenvalue weighted by atomic mass is 79.9. The van der Waals surface area contributed by atoms with Crippen LogP contribution in [0.5, 0.6) is 0 Å².